The molecule has 1 amide bonds. The van der Waals surface area contributed by atoms with Gasteiger partial charge in [-0.25, -0.2) is 4.68 Å². The van der Waals surface area contributed by atoms with Gasteiger partial charge < -0.3 is 4.90 Å². The van der Waals surface area contributed by atoms with Gasteiger partial charge in [0.1, 0.15) is 0 Å². The topological polar surface area (TPSA) is 38.1 Å². The van der Waals surface area contributed by atoms with Crippen LogP contribution in [0, 0.1) is 3.95 Å². The average Bonchev–Trinajstić information content (AvgIpc) is 3.19. The number of rotatable bonds is 4. The molecule has 1 aromatic heterocycles. The summed E-state index contributed by atoms with van der Waals surface area (Å²) < 4.78 is 3.25. The third kappa shape index (κ3) is 3.34. The number of hydrogen-bond acceptors (Lipinski definition) is 5. The van der Waals surface area contributed by atoms with Crippen molar-refractivity contribution in [2.45, 2.75) is 23.7 Å². The molecule has 0 saturated carbocycles. The number of fused-ring (bicyclic) bond motifs is 1. The SMILES string of the molecule is CC1Cc2ccccc2N1C(=O)CSc1nn(-c2ccccc2)c(=S)s1. The van der Waals surface area contributed by atoms with Crippen molar-refractivity contribution in [3.05, 3.63) is 64.1 Å². The first kappa shape index (κ1) is 17.5. The fraction of sp³-hybridized carbons (Fsp3) is 0.211. The first-order chi connectivity index (χ1) is 12.6. The summed E-state index contributed by atoms with van der Waals surface area (Å²) in [5.41, 5.74) is 3.21. The van der Waals surface area contributed by atoms with Crippen LogP contribution in [0.25, 0.3) is 5.69 Å². The zero-order valence-corrected chi connectivity index (χ0v) is 16.6. The number of para-hydroxylation sites is 2. The lowest BCUT2D eigenvalue weighted by Crippen LogP contribution is -2.36. The van der Waals surface area contributed by atoms with E-state index in [-0.39, 0.29) is 11.9 Å². The average molecular weight is 400 g/mol. The van der Waals surface area contributed by atoms with Gasteiger partial charge in [0.15, 0.2) is 8.29 Å². The van der Waals surface area contributed by atoms with E-state index in [1.165, 1.54) is 28.7 Å². The van der Waals surface area contributed by atoms with E-state index in [0.29, 0.717) is 9.71 Å². The molecule has 1 unspecified atom stereocenters. The maximum Gasteiger partial charge on any atom is 0.237 e. The molecule has 1 aliphatic rings. The highest BCUT2D eigenvalue weighted by Crippen LogP contribution is 2.33. The van der Waals surface area contributed by atoms with Crippen molar-refractivity contribution in [2.75, 3.05) is 10.7 Å². The minimum atomic E-state index is 0.111. The van der Waals surface area contributed by atoms with Crippen LogP contribution < -0.4 is 4.90 Å². The molecule has 0 spiro atoms. The second-order valence-electron chi connectivity index (χ2n) is 6.12. The van der Waals surface area contributed by atoms with Crippen LogP contribution in [0.3, 0.4) is 0 Å². The number of amides is 1. The quantitative estimate of drug-likeness (QED) is 0.469. The van der Waals surface area contributed by atoms with Crippen LogP contribution >= 0.6 is 35.3 Å². The summed E-state index contributed by atoms with van der Waals surface area (Å²) in [7, 11) is 0. The molecule has 0 saturated heterocycles. The molecule has 2 heterocycles. The van der Waals surface area contributed by atoms with Crippen molar-refractivity contribution >= 4 is 46.9 Å². The summed E-state index contributed by atoms with van der Waals surface area (Å²) >= 11 is 8.31. The Morgan fingerprint density at radius 1 is 1.23 bits per heavy atom. The fourth-order valence-electron chi connectivity index (χ4n) is 3.19. The van der Waals surface area contributed by atoms with Crippen molar-refractivity contribution in [1.82, 2.24) is 9.78 Å². The van der Waals surface area contributed by atoms with Crippen LogP contribution in [0.4, 0.5) is 5.69 Å². The maximum absolute atomic E-state index is 12.8. The van der Waals surface area contributed by atoms with Crippen LogP contribution in [-0.2, 0) is 11.2 Å². The minimum absolute atomic E-state index is 0.111. The lowest BCUT2D eigenvalue weighted by atomic mass is 10.1. The Bertz CT molecular complexity index is 997. The van der Waals surface area contributed by atoms with Gasteiger partial charge in [-0.2, -0.15) is 0 Å². The van der Waals surface area contributed by atoms with E-state index in [2.05, 4.69) is 18.1 Å². The molecule has 7 heteroatoms. The lowest BCUT2D eigenvalue weighted by molar-refractivity contribution is -0.116. The number of carbonyl (C=O) groups is 1. The molecule has 0 N–H and O–H groups in total. The third-order valence-electron chi connectivity index (χ3n) is 4.33. The molecule has 1 atom stereocenters. The van der Waals surface area contributed by atoms with E-state index in [1.54, 1.807) is 4.68 Å². The first-order valence-corrected chi connectivity index (χ1v) is 10.5. The molecule has 2 aromatic carbocycles. The molecule has 0 bridgehead atoms. The standard InChI is InChI=1S/C19H17N3OS3/c1-13-11-14-7-5-6-10-16(14)21(13)17(23)12-25-18-20-22(19(24)26-18)15-8-3-2-4-9-15/h2-10,13H,11-12H2,1H3. The summed E-state index contributed by atoms with van der Waals surface area (Å²) in [4.78, 5) is 14.7. The molecule has 1 aliphatic heterocycles. The van der Waals surface area contributed by atoms with Gasteiger partial charge in [-0.05, 0) is 49.3 Å². The molecule has 0 fully saturated rings. The van der Waals surface area contributed by atoms with Gasteiger partial charge in [0.2, 0.25) is 5.91 Å². The van der Waals surface area contributed by atoms with E-state index >= 15 is 0 Å². The van der Waals surface area contributed by atoms with Gasteiger partial charge in [0.05, 0.1) is 11.4 Å². The fourth-order valence-corrected chi connectivity index (χ4v) is 5.41. The van der Waals surface area contributed by atoms with Crippen LogP contribution in [0.15, 0.2) is 58.9 Å². The van der Waals surface area contributed by atoms with Crippen LogP contribution in [0.2, 0.25) is 0 Å². The maximum atomic E-state index is 12.8. The predicted molar refractivity (Wildman–Crippen MR) is 110 cm³/mol. The Morgan fingerprint density at radius 2 is 1.96 bits per heavy atom. The Hall–Kier alpha value is -1.96. The van der Waals surface area contributed by atoms with Crippen molar-refractivity contribution in [2.24, 2.45) is 0 Å². The molecule has 0 aliphatic carbocycles. The van der Waals surface area contributed by atoms with Crippen LogP contribution in [-0.4, -0.2) is 27.5 Å². The first-order valence-electron chi connectivity index (χ1n) is 8.32. The molecular formula is C19H17N3OS3. The molecule has 3 aromatic rings. The van der Waals surface area contributed by atoms with Crippen molar-refractivity contribution < 1.29 is 4.79 Å². The Balaban J connectivity index is 1.48. The van der Waals surface area contributed by atoms with Gasteiger partial charge in [-0.1, -0.05) is 59.5 Å². The number of nitrogens with zero attached hydrogens (tertiary/aromatic N) is 3. The van der Waals surface area contributed by atoms with Gasteiger partial charge in [0, 0.05) is 11.7 Å². The summed E-state index contributed by atoms with van der Waals surface area (Å²) in [6, 6.07) is 18.1. The Labute approximate surface area is 165 Å². The van der Waals surface area contributed by atoms with Gasteiger partial charge in [0.25, 0.3) is 0 Å². The second-order valence-corrected chi connectivity index (χ2v) is 8.96. The normalized spacial score (nSPS) is 15.9. The number of aromatic nitrogens is 2. The van der Waals surface area contributed by atoms with Gasteiger partial charge >= 0.3 is 0 Å². The molecular weight excluding hydrogens is 382 g/mol. The number of benzene rings is 2. The second kappa shape index (κ2) is 7.34. The van der Waals surface area contributed by atoms with E-state index in [0.717, 1.165) is 22.1 Å². The number of hydrogen-bond donors (Lipinski definition) is 0. The highest BCUT2D eigenvalue weighted by atomic mass is 32.2. The minimum Gasteiger partial charge on any atom is -0.308 e. The zero-order chi connectivity index (χ0) is 18.1. The van der Waals surface area contributed by atoms with E-state index in [1.807, 2.05) is 53.4 Å². The summed E-state index contributed by atoms with van der Waals surface area (Å²) in [5.74, 6) is 0.468. The van der Waals surface area contributed by atoms with E-state index in [9.17, 15) is 4.79 Å². The Morgan fingerprint density at radius 3 is 2.77 bits per heavy atom. The highest BCUT2D eigenvalue weighted by Gasteiger charge is 2.30. The predicted octanol–water partition coefficient (Wildman–Crippen LogP) is 4.73. The third-order valence-corrected chi connectivity index (χ3v) is 6.68. The summed E-state index contributed by atoms with van der Waals surface area (Å²) in [6.45, 7) is 2.09. The largest absolute Gasteiger partial charge is 0.308 e. The molecule has 0 radical (unpaired) electrons. The van der Waals surface area contributed by atoms with Gasteiger partial charge in [-0.15, -0.1) is 5.10 Å². The summed E-state index contributed by atoms with van der Waals surface area (Å²) in [5, 5.41) is 4.57. The lowest BCUT2D eigenvalue weighted by Gasteiger charge is -2.22. The highest BCUT2D eigenvalue weighted by molar-refractivity contribution is 8.01. The number of carbonyl (C=O) groups excluding carboxylic acids is 1. The zero-order valence-electron chi connectivity index (χ0n) is 14.2. The number of thioether (sulfide) groups is 1. The van der Waals surface area contributed by atoms with Crippen molar-refractivity contribution in [1.29, 1.82) is 0 Å². The van der Waals surface area contributed by atoms with Crippen LogP contribution in [0.5, 0.6) is 0 Å². The Kier molecular flexibility index (Phi) is 4.93. The van der Waals surface area contributed by atoms with E-state index < -0.39 is 0 Å². The van der Waals surface area contributed by atoms with Crippen LogP contribution in [0.1, 0.15) is 12.5 Å². The van der Waals surface area contributed by atoms with Gasteiger partial charge in [-0.3, -0.25) is 4.79 Å². The summed E-state index contributed by atoms with van der Waals surface area (Å²) in [6.07, 6.45) is 0.911. The van der Waals surface area contributed by atoms with E-state index in [4.69, 9.17) is 12.2 Å². The molecule has 4 rings (SSSR count). The molecule has 4 nitrogen and oxygen atoms in total. The molecule has 26 heavy (non-hydrogen) atoms. The number of anilines is 1. The van der Waals surface area contributed by atoms with Crippen molar-refractivity contribution in [3.63, 3.8) is 0 Å². The molecule has 132 valence electrons. The smallest absolute Gasteiger partial charge is 0.237 e. The van der Waals surface area contributed by atoms with Crippen molar-refractivity contribution in [3.8, 4) is 5.69 Å². The monoisotopic (exact) mass is 399 g/mol.